The van der Waals surface area contributed by atoms with Crippen LogP contribution in [0.25, 0.3) is 0 Å². The molecule has 19 heteroatoms. The van der Waals surface area contributed by atoms with Crippen molar-refractivity contribution >= 4 is 39.5 Å². The maximum absolute atomic E-state index is 13.1. The number of carbonyl (C=O) groups excluding carboxylic acids is 4. The van der Waals surface area contributed by atoms with Gasteiger partial charge in [0.2, 0.25) is 0 Å². The molecule has 17 nitrogen and oxygen atoms in total. The number of carbonyl (C=O) groups is 4. The Labute approximate surface area is 562 Å². The highest BCUT2D eigenvalue weighted by molar-refractivity contribution is 7.47. The van der Waals surface area contributed by atoms with Crippen LogP contribution >= 0.6 is 15.6 Å². The number of unbranched alkanes of at least 4 members (excludes halogenated alkanes) is 41. The van der Waals surface area contributed by atoms with Crippen molar-refractivity contribution in [2.75, 3.05) is 39.6 Å². The SMILES string of the molecule is CCCCCCCCCCCCCCC(=O)O[C@H](COC(=O)CCCCCCCCCCC)COP(=O)(O)OC[C@H](O)COP(=O)(O)OC[C@@H](COC(=O)CCCCCCCCCCC(C)CC)OC(=O)CCCCCCCCCCCCCCCCCCC(C)C. The van der Waals surface area contributed by atoms with Crippen molar-refractivity contribution in [1.82, 2.24) is 0 Å². The van der Waals surface area contributed by atoms with Crippen molar-refractivity contribution in [3.8, 4) is 0 Å². The third-order valence-electron chi connectivity index (χ3n) is 17.3. The zero-order valence-electron chi connectivity index (χ0n) is 59.9. The Morgan fingerprint density at radius 3 is 0.826 bits per heavy atom. The highest BCUT2D eigenvalue weighted by Crippen LogP contribution is 2.45. The summed E-state index contributed by atoms with van der Waals surface area (Å²) in [6.07, 6.45) is 51.2. The minimum atomic E-state index is -4.95. The fraction of sp³-hybridized carbons (Fsp3) is 0.945. The Hall–Kier alpha value is -1.94. The van der Waals surface area contributed by atoms with E-state index in [2.05, 4.69) is 41.5 Å². The average Bonchev–Trinajstić information content (AvgIpc) is 1.56. The molecule has 0 aliphatic carbocycles. The largest absolute Gasteiger partial charge is 0.472 e. The van der Waals surface area contributed by atoms with Crippen LogP contribution in [-0.2, 0) is 65.4 Å². The third kappa shape index (κ3) is 65.4. The molecule has 3 N–H and O–H groups in total. The van der Waals surface area contributed by atoms with Crippen LogP contribution in [0.5, 0.6) is 0 Å². The molecule has 0 radical (unpaired) electrons. The molecule has 0 saturated carbocycles. The zero-order chi connectivity index (χ0) is 67.9. The first-order valence-electron chi connectivity index (χ1n) is 38.0. The first kappa shape index (κ1) is 90.1. The first-order valence-corrected chi connectivity index (χ1v) is 41.0. The van der Waals surface area contributed by atoms with Crippen molar-refractivity contribution in [2.45, 2.75) is 394 Å². The van der Waals surface area contributed by atoms with Gasteiger partial charge in [-0.05, 0) is 37.5 Å². The van der Waals surface area contributed by atoms with Gasteiger partial charge in [-0.3, -0.25) is 37.3 Å². The Bertz CT molecular complexity index is 1790. The number of aliphatic hydroxyl groups is 1. The highest BCUT2D eigenvalue weighted by atomic mass is 31.2. The van der Waals surface area contributed by atoms with Crippen LogP contribution < -0.4 is 0 Å². The second-order valence-electron chi connectivity index (χ2n) is 27.1. The molecule has 0 bridgehead atoms. The Morgan fingerprint density at radius 1 is 0.315 bits per heavy atom. The van der Waals surface area contributed by atoms with Crippen LogP contribution in [0.2, 0.25) is 0 Å². The molecular formula is C73H142O17P2. The molecule has 0 saturated heterocycles. The van der Waals surface area contributed by atoms with Crippen LogP contribution in [0.3, 0.4) is 0 Å². The number of phosphoric acid groups is 2. The molecule has 6 atom stereocenters. The molecule has 92 heavy (non-hydrogen) atoms. The van der Waals surface area contributed by atoms with Gasteiger partial charge in [-0.1, -0.05) is 324 Å². The van der Waals surface area contributed by atoms with Gasteiger partial charge in [0.1, 0.15) is 19.3 Å². The van der Waals surface area contributed by atoms with Crippen LogP contribution in [0.4, 0.5) is 0 Å². The van der Waals surface area contributed by atoms with Crippen LogP contribution in [0.15, 0.2) is 0 Å². The highest BCUT2D eigenvalue weighted by Gasteiger charge is 2.30. The number of hydrogen-bond acceptors (Lipinski definition) is 15. The molecule has 0 rings (SSSR count). The molecule has 0 fully saturated rings. The molecule has 0 heterocycles. The van der Waals surface area contributed by atoms with Crippen LogP contribution in [-0.4, -0.2) is 96.7 Å². The van der Waals surface area contributed by atoms with Crippen molar-refractivity contribution in [2.24, 2.45) is 11.8 Å². The minimum absolute atomic E-state index is 0.107. The normalized spacial score (nSPS) is 14.4. The monoisotopic (exact) mass is 1350 g/mol. The Kier molecular flexibility index (Phi) is 63.7. The summed E-state index contributed by atoms with van der Waals surface area (Å²) < 4.78 is 68.4. The average molecular weight is 1350 g/mol. The number of rotatable bonds is 72. The smallest absolute Gasteiger partial charge is 0.462 e. The van der Waals surface area contributed by atoms with Gasteiger partial charge in [0, 0.05) is 25.7 Å². The fourth-order valence-corrected chi connectivity index (χ4v) is 12.7. The molecule has 546 valence electrons. The van der Waals surface area contributed by atoms with E-state index in [1.807, 2.05) is 0 Å². The Morgan fingerprint density at radius 2 is 0.554 bits per heavy atom. The van der Waals surface area contributed by atoms with Gasteiger partial charge >= 0.3 is 39.5 Å². The van der Waals surface area contributed by atoms with Gasteiger partial charge in [-0.2, -0.15) is 0 Å². The first-order chi connectivity index (χ1) is 44.4. The van der Waals surface area contributed by atoms with Crippen molar-refractivity contribution in [3.05, 3.63) is 0 Å². The predicted molar refractivity (Wildman–Crippen MR) is 372 cm³/mol. The lowest BCUT2D eigenvalue weighted by Gasteiger charge is -2.21. The fourth-order valence-electron chi connectivity index (χ4n) is 11.1. The van der Waals surface area contributed by atoms with Crippen molar-refractivity contribution < 1.29 is 80.2 Å². The van der Waals surface area contributed by atoms with Crippen molar-refractivity contribution in [3.63, 3.8) is 0 Å². The molecule has 3 unspecified atom stereocenters. The lowest BCUT2D eigenvalue weighted by Crippen LogP contribution is -2.30. The predicted octanol–water partition coefficient (Wildman–Crippen LogP) is 21.2. The Balaban J connectivity index is 5.21. The summed E-state index contributed by atoms with van der Waals surface area (Å²) in [5, 5.41) is 10.6. The standard InChI is InChI=1S/C73H142O17P2/c1-7-10-12-14-16-18-19-27-31-39-45-51-57-72(77)89-68(61-83-70(75)55-49-43-37-29-17-15-13-11-8-2)63-87-91(79,80)85-59-67(74)60-86-92(81,82)88-64-69(62-84-71(76)56-50-44-38-34-33-36-42-48-54-66(6)9-3)90-73(78)58-52-46-40-32-28-25-23-21-20-22-24-26-30-35-41-47-53-65(4)5/h65-69,74H,7-64H2,1-6H3,(H,79,80)(H,81,82)/t66?,67-,68+,69+/m0/s1. The van der Waals surface area contributed by atoms with Gasteiger partial charge in [0.15, 0.2) is 12.2 Å². The van der Waals surface area contributed by atoms with Gasteiger partial charge in [0.05, 0.1) is 26.4 Å². The molecule has 0 aromatic heterocycles. The second-order valence-corrected chi connectivity index (χ2v) is 30.0. The van der Waals surface area contributed by atoms with E-state index >= 15 is 0 Å². The van der Waals surface area contributed by atoms with E-state index in [9.17, 15) is 43.2 Å². The number of aliphatic hydroxyl groups excluding tert-OH is 1. The van der Waals surface area contributed by atoms with Gasteiger partial charge in [-0.25, -0.2) is 9.13 Å². The summed E-state index contributed by atoms with van der Waals surface area (Å²) in [7, 11) is -9.90. The summed E-state index contributed by atoms with van der Waals surface area (Å²) in [5.41, 5.74) is 0. The second kappa shape index (κ2) is 65.0. The van der Waals surface area contributed by atoms with E-state index in [0.717, 1.165) is 102 Å². The summed E-state index contributed by atoms with van der Waals surface area (Å²) in [6.45, 7) is 9.59. The van der Waals surface area contributed by atoms with E-state index in [-0.39, 0.29) is 25.7 Å². The number of phosphoric ester groups is 2. The minimum Gasteiger partial charge on any atom is -0.462 e. The van der Waals surface area contributed by atoms with E-state index in [0.29, 0.717) is 25.7 Å². The van der Waals surface area contributed by atoms with E-state index in [4.69, 9.17) is 37.0 Å². The molecule has 0 amide bonds. The number of ether oxygens (including phenoxy) is 4. The van der Waals surface area contributed by atoms with Gasteiger partial charge < -0.3 is 33.8 Å². The molecular weight excluding hydrogens is 1210 g/mol. The summed E-state index contributed by atoms with van der Waals surface area (Å²) in [6, 6.07) is 0. The maximum atomic E-state index is 13.1. The molecule has 0 aromatic rings. The third-order valence-corrected chi connectivity index (χ3v) is 19.2. The summed E-state index contributed by atoms with van der Waals surface area (Å²) in [5.74, 6) is -0.534. The van der Waals surface area contributed by atoms with Crippen LogP contribution in [0, 0.1) is 11.8 Å². The number of hydrogen-bond donors (Lipinski definition) is 3. The number of esters is 4. The lowest BCUT2D eigenvalue weighted by atomic mass is 9.99. The van der Waals surface area contributed by atoms with Gasteiger partial charge in [0.25, 0.3) is 0 Å². The zero-order valence-corrected chi connectivity index (χ0v) is 61.6. The van der Waals surface area contributed by atoms with Crippen LogP contribution in [0.1, 0.15) is 375 Å². The van der Waals surface area contributed by atoms with Crippen molar-refractivity contribution in [1.29, 1.82) is 0 Å². The molecule has 0 aromatic carbocycles. The topological polar surface area (TPSA) is 237 Å². The van der Waals surface area contributed by atoms with E-state index in [1.165, 1.54) is 193 Å². The van der Waals surface area contributed by atoms with E-state index in [1.54, 1.807) is 0 Å². The molecule has 0 aliphatic rings. The molecule has 0 aliphatic heterocycles. The summed E-state index contributed by atoms with van der Waals surface area (Å²) in [4.78, 5) is 72.6. The van der Waals surface area contributed by atoms with E-state index < -0.39 is 97.5 Å². The van der Waals surface area contributed by atoms with Gasteiger partial charge in [-0.15, -0.1) is 0 Å². The maximum Gasteiger partial charge on any atom is 0.472 e. The lowest BCUT2D eigenvalue weighted by molar-refractivity contribution is -0.161. The quantitative estimate of drug-likeness (QED) is 0.0222. The molecule has 0 spiro atoms. The summed E-state index contributed by atoms with van der Waals surface area (Å²) >= 11 is 0.